The minimum atomic E-state index is -2.52. The highest BCUT2D eigenvalue weighted by Gasteiger charge is 2.17. The van der Waals surface area contributed by atoms with Crippen molar-refractivity contribution in [3.05, 3.63) is 34.9 Å². The summed E-state index contributed by atoms with van der Waals surface area (Å²) in [6, 6.07) is 1.89. The van der Waals surface area contributed by atoms with Gasteiger partial charge in [-0.25, -0.2) is 17.6 Å². The minimum absolute atomic E-state index is 0.0812. The molecule has 0 aliphatic heterocycles. The molecule has 0 aliphatic rings. The van der Waals surface area contributed by atoms with E-state index in [2.05, 4.69) is 5.32 Å². The molecule has 1 aromatic rings. The lowest BCUT2D eigenvalue weighted by atomic mass is 10.0. The maximum atomic E-state index is 13.8. The second kappa shape index (κ2) is 8.21. The van der Waals surface area contributed by atoms with Crippen molar-refractivity contribution in [2.24, 2.45) is 0 Å². The van der Waals surface area contributed by atoms with Crippen LogP contribution in [0.5, 0.6) is 0 Å². The number of alkyl halides is 2. The molecule has 1 atom stereocenters. The molecule has 0 saturated carbocycles. The fraction of sp³-hybridized carbons (Fsp3) is 0.571. The van der Waals surface area contributed by atoms with Crippen LogP contribution in [0.25, 0.3) is 0 Å². The first-order chi connectivity index (χ1) is 9.45. The highest BCUT2D eigenvalue weighted by molar-refractivity contribution is 5.28. The SMILES string of the molecule is CCNC(CCOCC(F)F)c1cc(C)c(F)cc1F. The molecule has 6 heteroatoms. The van der Waals surface area contributed by atoms with Crippen molar-refractivity contribution >= 4 is 0 Å². The molecule has 0 spiro atoms. The lowest BCUT2D eigenvalue weighted by Gasteiger charge is -2.19. The molecule has 2 nitrogen and oxygen atoms in total. The summed E-state index contributed by atoms with van der Waals surface area (Å²) in [5, 5.41) is 3.04. The van der Waals surface area contributed by atoms with Gasteiger partial charge in [-0.05, 0) is 31.5 Å². The molecule has 1 rings (SSSR count). The molecular formula is C14H19F4NO. The lowest BCUT2D eigenvalue weighted by molar-refractivity contribution is 0.0143. The molecule has 1 N–H and O–H groups in total. The third-order valence-corrected chi connectivity index (χ3v) is 2.90. The van der Waals surface area contributed by atoms with Gasteiger partial charge in [-0.3, -0.25) is 0 Å². The van der Waals surface area contributed by atoms with Gasteiger partial charge in [-0.15, -0.1) is 0 Å². The van der Waals surface area contributed by atoms with Crippen molar-refractivity contribution in [2.45, 2.75) is 32.7 Å². The number of halogens is 4. The van der Waals surface area contributed by atoms with Gasteiger partial charge in [-0.1, -0.05) is 6.92 Å². The first-order valence-corrected chi connectivity index (χ1v) is 6.50. The summed E-state index contributed by atoms with van der Waals surface area (Å²) in [5.74, 6) is -1.25. The van der Waals surface area contributed by atoms with Crippen molar-refractivity contribution in [3.8, 4) is 0 Å². The Morgan fingerprint density at radius 1 is 1.20 bits per heavy atom. The molecule has 20 heavy (non-hydrogen) atoms. The molecule has 0 bridgehead atoms. The quantitative estimate of drug-likeness (QED) is 0.584. The number of benzene rings is 1. The van der Waals surface area contributed by atoms with Crippen LogP contribution < -0.4 is 5.32 Å². The van der Waals surface area contributed by atoms with E-state index in [9.17, 15) is 17.6 Å². The smallest absolute Gasteiger partial charge is 0.261 e. The topological polar surface area (TPSA) is 21.3 Å². The summed E-state index contributed by atoms with van der Waals surface area (Å²) in [5.41, 5.74) is 0.671. The highest BCUT2D eigenvalue weighted by Crippen LogP contribution is 2.23. The van der Waals surface area contributed by atoms with E-state index in [-0.39, 0.29) is 6.61 Å². The van der Waals surface area contributed by atoms with E-state index < -0.39 is 30.7 Å². The van der Waals surface area contributed by atoms with Crippen molar-refractivity contribution in [1.82, 2.24) is 5.32 Å². The van der Waals surface area contributed by atoms with E-state index in [0.717, 1.165) is 6.07 Å². The molecule has 0 fully saturated rings. The third-order valence-electron chi connectivity index (χ3n) is 2.90. The van der Waals surface area contributed by atoms with Crippen molar-refractivity contribution in [1.29, 1.82) is 0 Å². The average molecular weight is 293 g/mol. The number of hydrogen-bond acceptors (Lipinski definition) is 2. The van der Waals surface area contributed by atoms with Gasteiger partial charge in [0.05, 0.1) is 0 Å². The van der Waals surface area contributed by atoms with Gasteiger partial charge < -0.3 is 10.1 Å². The Morgan fingerprint density at radius 3 is 2.50 bits per heavy atom. The third kappa shape index (κ3) is 5.09. The Kier molecular flexibility index (Phi) is 6.95. The molecule has 1 unspecified atom stereocenters. The largest absolute Gasteiger partial charge is 0.375 e. The van der Waals surface area contributed by atoms with E-state index in [1.54, 1.807) is 6.92 Å². The molecule has 0 heterocycles. The van der Waals surface area contributed by atoms with Crippen molar-refractivity contribution in [2.75, 3.05) is 19.8 Å². The number of ether oxygens (including phenoxy) is 1. The normalized spacial score (nSPS) is 12.9. The molecule has 0 radical (unpaired) electrons. The van der Waals surface area contributed by atoms with Crippen LogP contribution in [-0.4, -0.2) is 26.2 Å². The number of aryl methyl sites for hydroxylation is 1. The van der Waals surface area contributed by atoms with Crippen LogP contribution in [0.15, 0.2) is 12.1 Å². The average Bonchev–Trinajstić information content (AvgIpc) is 2.37. The van der Waals surface area contributed by atoms with Gasteiger partial charge in [0.25, 0.3) is 6.43 Å². The summed E-state index contributed by atoms with van der Waals surface area (Å²) in [6.07, 6.45) is -2.18. The monoisotopic (exact) mass is 293 g/mol. The Bertz CT molecular complexity index is 426. The van der Waals surface area contributed by atoms with Crippen LogP contribution in [0.4, 0.5) is 17.6 Å². The Labute approximate surface area is 116 Å². The number of rotatable bonds is 8. The van der Waals surface area contributed by atoms with Crippen LogP contribution in [0, 0.1) is 18.6 Å². The van der Waals surface area contributed by atoms with Crippen LogP contribution in [0.3, 0.4) is 0 Å². The molecule has 114 valence electrons. The van der Waals surface area contributed by atoms with E-state index in [1.165, 1.54) is 6.07 Å². The summed E-state index contributed by atoms with van der Waals surface area (Å²) in [4.78, 5) is 0. The number of hydrogen-bond donors (Lipinski definition) is 1. The van der Waals surface area contributed by atoms with Crippen molar-refractivity contribution in [3.63, 3.8) is 0 Å². The van der Waals surface area contributed by atoms with Gasteiger partial charge in [0, 0.05) is 24.3 Å². The second-order valence-electron chi connectivity index (χ2n) is 4.49. The van der Waals surface area contributed by atoms with Gasteiger partial charge >= 0.3 is 0 Å². The van der Waals surface area contributed by atoms with E-state index in [0.29, 0.717) is 24.1 Å². The van der Waals surface area contributed by atoms with Gasteiger partial charge in [0.1, 0.15) is 18.2 Å². The zero-order chi connectivity index (χ0) is 15.1. The zero-order valence-corrected chi connectivity index (χ0v) is 11.6. The fourth-order valence-corrected chi connectivity index (χ4v) is 1.93. The van der Waals surface area contributed by atoms with E-state index >= 15 is 0 Å². The predicted molar refractivity (Wildman–Crippen MR) is 69.0 cm³/mol. The maximum Gasteiger partial charge on any atom is 0.261 e. The summed E-state index contributed by atoms with van der Waals surface area (Å²) in [6.45, 7) is 3.42. The first kappa shape index (κ1) is 16.9. The van der Waals surface area contributed by atoms with Crippen LogP contribution in [0.1, 0.15) is 30.5 Å². The lowest BCUT2D eigenvalue weighted by Crippen LogP contribution is -2.24. The molecule has 1 aromatic carbocycles. The van der Waals surface area contributed by atoms with E-state index in [4.69, 9.17) is 4.74 Å². The van der Waals surface area contributed by atoms with E-state index in [1.807, 2.05) is 6.92 Å². The van der Waals surface area contributed by atoms with Gasteiger partial charge in [0.2, 0.25) is 0 Å². The molecule has 0 aromatic heterocycles. The predicted octanol–water partition coefficient (Wildman–Crippen LogP) is 3.60. The van der Waals surface area contributed by atoms with Crippen molar-refractivity contribution < 1.29 is 22.3 Å². The first-order valence-electron chi connectivity index (χ1n) is 6.50. The van der Waals surface area contributed by atoms with Crippen LogP contribution in [-0.2, 0) is 4.74 Å². The van der Waals surface area contributed by atoms with Gasteiger partial charge in [-0.2, -0.15) is 0 Å². The fourth-order valence-electron chi connectivity index (χ4n) is 1.93. The molecule has 0 saturated heterocycles. The molecule has 0 aliphatic carbocycles. The second-order valence-corrected chi connectivity index (χ2v) is 4.49. The summed E-state index contributed by atoms with van der Waals surface area (Å²) < 4.78 is 55.7. The Balaban J connectivity index is 2.72. The minimum Gasteiger partial charge on any atom is -0.375 e. The van der Waals surface area contributed by atoms with Gasteiger partial charge in [0.15, 0.2) is 0 Å². The standard InChI is InChI=1S/C14H19F4NO/c1-3-19-13(4-5-20-8-14(17)18)10-6-9(2)11(15)7-12(10)16/h6-7,13-14,19H,3-5,8H2,1-2H3. The Hall–Kier alpha value is -1.14. The summed E-state index contributed by atoms with van der Waals surface area (Å²) >= 11 is 0. The molecule has 0 amide bonds. The highest BCUT2D eigenvalue weighted by atomic mass is 19.3. The maximum absolute atomic E-state index is 13.8. The van der Waals surface area contributed by atoms with Crippen LogP contribution >= 0.6 is 0 Å². The zero-order valence-electron chi connectivity index (χ0n) is 11.6. The Morgan fingerprint density at radius 2 is 1.90 bits per heavy atom. The molecular weight excluding hydrogens is 274 g/mol. The van der Waals surface area contributed by atoms with Crippen LogP contribution in [0.2, 0.25) is 0 Å². The number of nitrogens with one attached hydrogen (secondary N) is 1. The summed E-state index contributed by atoms with van der Waals surface area (Å²) in [7, 11) is 0.